The number of rotatable bonds is 6. The van der Waals surface area contributed by atoms with Gasteiger partial charge >= 0.3 is 0 Å². The van der Waals surface area contributed by atoms with Crippen molar-refractivity contribution in [1.29, 1.82) is 0 Å². The summed E-state index contributed by atoms with van der Waals surface area (Å²) in [6.45, 7) is 5.64. The Kier molecular flexibility index (Phi) is 6.46. The van der Waals surface area contributed by atoms with Gasteiger partial charge in [0.15, 0.2) is 5.16 Å². The van der Waals surface area contributed by atoms with Gasteiger partial charge in [-0.3, -0.25) is 29.8 Å². The van der Waals surface area contributed by atoms with Gasteiger partial charge in [-0.15, -0.1) is 6.58 Å². The molecule has 0 aliphatic rings. The number of nitrogens with one attached hydrogen (secondary N) is 2. The molecule has 1 aromatic heterocycles. The van der Waals surface area contributed by atoms with E-state index in [4.69, 9.17) is 0 Å². The lowest BCUT2D eigenvalue weighted by molar-refractivity contribution is -0.121. The number of thioether (sulfide) groups is 1. The van der Waals surface area contributed by atoms with Crippen LogP contribution >= 0.6 is 11.8 Å². The van der Waals surface area contributed by atoms with Gasteiger partial charge < -0.3 is 0 Å². The number of fused-ring (bicyclic) bond motifs is 1. The molecule has 2 amide bonds. The second kappa shape index (κ2) is 9.20. The molecule has 0 saturated heterocycles. The van der Waals surface area contributed by atoms with Crippen LogP contribution in [0, 0.1) is 0 Å². The van der Waals surface area contributed by atoms with E-state index in [1.807, 2.05) is 0 Å². The van der Waals surface area contributed by atoms with Crippen molar-refractivity contribution in [3.05, 3.63) is 83.2 Å². The van der Waals surface area contributed by atoms with Crippen molar-refractivity contribution in [2.45, 2.75) is 23.9 Å². The topological polar surface area (TPSA) is 93.1 Å². The maximum absolute atomic E-state index is 12.8. The normalized spacial score (nSPS) is 11.6. The molecule has 0 aliphatic heterocycles. The Balaban J connectivity index is 1.74. The molecule has 0 spiro atoms. The van der Waals surface area contributed by atoms with Crippen LogP contribution in [0.1, 0.15) is 17.3 Å². The average Bonchev–Trinajstić information content (AvgIpc) is 2.75. The Hall–Kier alpha value is -3.39. The van der Waals surface area contributed by atoms with E-state index in [0.29, 0.717) is 21.6 Å². The van der Waals surface area contributed by atoms with Crippen LogP contribution in [-0.2, 0) is 11.3 Å². The molecule has 0 unspecified atom stereocenters. The van der Waals surface area contributed by atoms with Crippen LogP contribution in [0.15, 0.2) is 77.2 Å². The van der Waals surface area contributed by atoms with E-state index in [-0.39, 0.29) is 12.1 Å². The van der Waals surface area contributed by atoms with Crippen LogP contribution in [0.3, 0.4) is 0 Å². The number of carbonyl (C=O) groups is 2. The summed E-state index contributed by atoms with van der Waals surface area (Å²) in [5.74, 6) is -0.824. The van der Waals surface area contributed by atoms with Crippen molar-refractivity contribution >= 4 is 34.5 Å². The Bertz CT molecular complexity index is 1110. The molecule has 0 radical (unpaired) electrons. The molecule has 3 aromatic rings. The summed E-state index contributed by atoms with van der Waals surface area (Å²) in [6, 6.07) is 15.6. The summed E-state index contributed by atoms with van der Waals surface area (Å²) in [5, 5.41) is 0.312. The van der Waals surface area contributed by atoms with Crippen molar-refractivity contribution in [2.75, 3.05) is 0 Å². The second-order valence-electron chi connectivity index (χ2n) is 6.19. The molecule has 0 saturated carbocycles. The fraction of sp³-hybridized carbons (Fsp3) is 0.143. The number of aromatic nitrogens is 2. The summed E-state index contributed by atoms with van der Waals surface area (Å²) >= 11 is 1.14. The number of allylic oxidation sites excluding steroid dienone is 1. The fourth-order valence-corrected chi connectivity index (χ4v) is 3.54. The maximum atomic E-state index is 12.8. The van der Waals surface area contributed by atoms with Crippen molar-refractivity contribution in [3.8, 4) is 0 Å². The molecule has 8 heteroatoms. The fourth-order valence-electron chi connectivity index (χ4n) is 2.62. The number of benzene rings is 2. The molecule has 1 atom stereocenters. The van der Waals surface area contributed by atoms with E-state index < -0.39 is 17.1 Å². The Morgan fingerprint density at radius 1 is 1.14 bits per heavy atom. The quantitative estimate of drug-likeness (QED) is 0.283. The first-order valence-electron chi connectivity index (χ1n) is 8.93. The Morgan fingerprint density at radius 3 is 2.55 bits per heavy atom. The van der Waals surface area contributed by atoms with Gasteiger partial charge in [-0.05, 0) is 31.2 Å². The molecule has 29 heavy (non-hydrogen) atoms. The lowest BCUT2D eigenvalue weighted by Crippen LogP contribution is -2.45. The molecule has 0 fully saturated rings. The standard InChI is InChI=1S/C21H20N4O3S/c1-3-13-25-20(28)16-11-7-8-12-17(16)22-21(25)29-14(2)18(26)23-24-19(27)15-9-5-4-6-10-15/h3-12,14H,1,13H2,2H3,(H,23,26)(H,24,27)/t14-/m1/s1. The first-order valence-corrected chi connectivity index (χ1v) is 9.81. The largest absolute Gasteiger partial charge is 0.283 e. The van der Waals surface area contributed by atoms with Crippen molar-refractivity contribution in [3.63, 3.8) is 0 Å². The molecule has 1 heterocycles. The van der Waals surface area contributed by atoms with E-state index in [9.17, 15) is 14.4 Å². The van der Waals surface area contributed by atoms with E-state index in [1.165, 1.54) is 4.57 Å². The van der Waals surface area contributed by atoms with Gasteiger partial charge in [-0.2, -0.15) is 0 Å². The first kappa shape index (κ1) is 20.3. The monoisotopic (exact) mass is 408 g/mol. The van der Waals surface area contributed by atoms with E-state index in [2.05, 4.69) is 22.4 Å². The summed E-state index contributed by atoms with van der Waals surface area (Å²) < 4.78 is 1.48. The maximum Gasteiger partial charge on any atom is 0.269 e. The molecule has 2 aromatic carbocycles. The number of amides is 2. The Labute approximate surface area is 171 Å². The molecular weight excluding hydrogens is 388 g/mol. The average molecular weight is 408 g/mol. The van der Waals surface area contributed by atoms with Gasteiger partial charge in [-0.25, -0.2) is 4.98 Å². The molecule has 7 nitrogen and oxygen atoms in total. The highest BCUT2D eigenvalue weighted by Gasteiger charge is 2.19. The van der Waals surface area contributed by atoms with Crippen LogP contribution in [0.25, 0.3) is 10.9 Å². The van der Waals surface area contributed by atoms with Crippen LogP contribution in [0.5, 0.6) is 0 Å². The minimum atomic E-state index is -0.602. The van der Waals surface area contributed by atoms with Crippen LogP contribution in [-0.4, -0.2) is 26.6 Å². The SMILES string of the molecule is C=CCn1c(S[C@H](C)C(=O)NNC(=O)c2ccccc2)nc2ccccc2c1=O. The zero-order valence-electron chi connectivity index (χ0n) is 15.8. The van der Waals surface area contributed by atoms with Crippen molar-refractivity contribution in [2.24, 2.45) is 0 Å². The van der Waals surface area contributed by atoms with Gasteiger partial charge in [0.25, 0.3) is 17.4 Å². The zero-order chi connectivity index (χ0) is 20.8. The summed E-state index contributed by atoms with van der Waals surface area (Å²) in [7, 11) is 0. The number of hydrogen-bond donors (Lipinski definition) is 2. The minimum Gasteiger partial charge on any atom is -0.283 e. The van der Waals surface area contributed by atoms with Gasteiger partial charge in [0.05, 0.1) is 16.2 Å². The highest BCUT2D eigenvalue weighted by molar-refractivity contribution is 8.00. The van der Waals surface area contributed by atoms with Gasteiger partial charge in [0, 0.05) is 12.1 Å². The van der Waals surface area contributed by atoms with Crippen molar-refractivity contribution in [1.82, 2.24) is 20.4 Å². The van der Waals surface area contributed by atoms with Crippen LogP contribution in [0.4, 0.5) is 0 Å². The van der Waals surface area contributed by atoms with E-state index in [0.717, 1.165) is 11.8 Å². The molecule has 0 bridgehead atoms. The lowest BCUT2D eigenvalue weighted by atomic mass is 10.2. The molecule has 2 N–H and O–H groups in total. The smallest absolute Gasteiger partial charge is 0.269 e. The predicted molar refractivity (Wildman–Crippen MR) is 114 cm³/mol. The molecular formula is C21H20N4O3S. The summed E-state index contributed by atoms with van der Waals surface area (Å²) in [6.07, 6.45) is 1.60. The number of hydrazine groups is 1. The van der Waals surface area contributed by atoms with Gasteiger partial charge in [0.2, 0.25) is 0 Å². The summed E-state index contributed by atoms with van der Waals surface area (Å²) in [4.78, 5) is 41.8. The zero-order valence-corrected chi connectivity index (χ0v) is 16.6. The third-order valence-electron chi connectivity index (χ3n) is 4.12. The number of carbonyl (C=O) groups excluding carboxylic acids is 2. The highest BCUT2D eigenvalue weighted by Crippen LogP contribution is 2.22. The number of hydrogen-bond acceptors (Lipinski definition) is 5. The second-order valence-corrected chi connectivity index (χ2v) is 7.49. The summed E-state index contributed by atoms with van der Waals surface area (Å²) in [5.41, 5.74) is 5.60. The molecule has 3 rings (SSSR count). The van der Waals surface area contributed by atoms with E-state index in [1.54, 1.807) is 67.6 Å². The first-order chi connectivity index (χ1) is 14.0. The number of nitrogens with zero attached hydrogens (tertiary/aromatic N) is 2. The third kappa shape index (κ3) is 4.72. The van der Waals surface area contributed by atoms with Gasteiger partial charge in [-0.1, -0.05) is 48.2 Å². The van der Waals surface area contributed by atoms with Crippen LogP contribution < -0.4 is 16.4 Å². The molecule has 0 aliphatic carbocycles. The highest BCUT2D eigenvalue weighted by atomic mass is 32.2. The third-order valence-corrected chi connectivity index (χ3v) is 5.22. The predicted octanol–water partition coefficient (Wildman–Crippen LogP) is 2.52. The lowest BCUT2D eigenvalue weighted by Gasteiger charge is -2.15. The Morgan fingerprint density at radius 2 is 1.83 bits per heavy atom. The van der Waals surface area contributed by atoms with Crippen molar-refractivity contribution < 1.29 is 9.59 Å². The number of para-hydroxylation sites is 1. The van der Waals surface area contributed by atoms with Crippen LogP contribution in [0.2, 0.25) is 0 Å². The van der Waals surface area contributed by atoms with Gasteiger partial charge in [0.1, 0.15) is 0 Å². The van der Waals surface area contributed by atoms with E-state index >= 15 is 0 Å². The molecule has 148 valence electrons. The minimum absolute atomic E-state index is 0.192.